The second-order valence-electron chi connectivity index (χ2n) is 9.58. The zero-order chi connectivity index (χ0) is 30.2. The summed E-state index contributed by atoms with van der Waals surface area (Å²) in [7, 11) is 1.43. The number of fused-ring (bicyclic) bond motifs is 1. The average molecular weight is 588 g/mol. The number of pyridine rings is 1. The van der Waals surface area contributed by atoms with Gasteiger partial charge in [-0.25, -0.2) is 19.3 Å². The van der Waals surface area contributed by atoms with Gasteiger partial charge in [0.1, 0.15) is 47.2 Å². The third-order valence-corrected chi connectivity index (χ3v) is 6.73. The van der Waals surface area contributed by atoms with Crippen molar-refractivity contribution in [3.8, 4) is 11.3 Å². The molecule has 1 saturated heterocycles. The van der Waals surface area contributed by atoms with Gasteiger partial charge >= 0.3 is 6.18 Å². The van der Waals surface area contributed by atoms with E-state index in [1.165, 1.54) is 25.4 Å². The van der Waals surface area contributed by atoms with Crippen LogP contribution in [0.25, 0.3) is 16.8 Å². The van der Waals surface area contributed by atoms with Gasteiger partial charge < -0.3 is 25.4 Å². The molecule has 0 saturated carbocycles. The maximum Gasteiger partial charge on any atom is 0.416 e. The fraction of sp³-hybridized carbons (Fsp3) is 0.296. The molecule has 220 valence electrons. The number of carbonyl (C=O) groups is 2. The largest absolute Gasteiger partial charge is 0.416 e. The number of benzene rings is 1. The van der Waals surface area contributed by atoms with Crippen molar-refractivity contribution in [3.63, 3.8) is 0 Å². The molecule has 1 aromatic carbocycles. The molecule has 2 amide bonds. The van der Waals surface area contributed by atoms with Gasteiger partial charge in [0.25, 0.3) is 5.91 Å². The lowest BCUT2D eigenvalue weighted by molar-refractivity contribution is -0.148. The molecule has 4 aromatic rings. The Morgan fingerprint density at radius 3 is 2.69 bits per heavy atom. The molecule has 3 N–H and O–H groups in total. The van der Waals surface area contributed by atoms with Gasteiger partial charge in [-0.3, -0.25) is 14.0 Å². The minimum absolute atomic E-state index is 0.0105. The molecule has 0 radical (unpaired) electrons. The normalized spacial score (nSPS) is 17.4. The summed E-state index contributed by atoms with van der Waals surface area (Å²) in [5.74, 6) is -1.87. The van der Waals surface area contributed by atoms with E-state index >= 15 is 4.39 Å². The number of nitrogens with two attached hydrogens (primary N) is 1. The molecule has 11 nitrogen and oxygen atoms in total. The number of morpholine rings is 1. The van der Waals surface area contributed by atoms with Crippen molar-refractivity contribution in [2.24, 2.45) is 0 Å². The molecule has 2 atom stereocenters. The molecule has 0 bridgehead atoms. The van der Waals surface area contributed by atoms with Crippen molar-refractivity contribution < 1.29 is 36.6 Å². The van der Waals surface area contributed by atoms with Crippen LogP contribution < -0.4 is 11.1 Å². The Bertz CT molecular complexity index is 1660. The lowest BCUT2D eigenvalue weighted by atomic mass is 10.1. The molecule has 1 fully saturated rings. The van der Waals surface area contributed by atoms with Gasteiger partial charge in [0, 0.05) is 36.8 Å². The second-order valence-corrected chi connectivity index (χ2v) is 9.58. The number of hydrogen-bond donors (Lipinski definition) is 2. The van der Waals surface area contributed by atoms with E-state index in [0.29, 0.717) is 11.9 Å². The SMILES string of the molecule is COCC(=O)N1C[C@H](c2nc(-c3ccc(C(=O)Nc4cc(C(F)(F)F)ccn4)cc3F)c3c(N)nccn23)OC[C@H]1C. The smallest absolute Gasteiger partial charge is 0.382 e. The van der Waals surface area contributed by atoms with Crippen LogP contribution in [0, 0.1) is 5.82 Å². The molecule has 1 aliphatic rings. The fourth-order valence-electron chi connectivity index (χ4n) is 4.68. The highest BCUT2D eigenvalue weighted by atomic mass is 19.4. The first-order valence-electron chi connectivity index (χ1n) is 12.6. The zero-order valence-electron chi connectivity index (χ0n) is 22.4. The van der Waals surface area contributed by atoms with E-state index in [1.54, 1.807) is 15.5 Å². The van der Waals surface area contributed by atoms with E-state index in [9.17, 15) is 22.8 Å². The Kier molecular flexibility index (Phi) is 7.79. The minimum atomic E-state index is -4.63. The second kappa shape index (κ2) is 11.3. The summed E-state index contributed by atoms with van der Waals surface area (Å²) in [4.78, 5) is 39.4. The van der Waals surface area contributed by atoms with E-state index in [2.05, 4.69) is 20.3 Å². The molecule has 3 aromatic heterocycles. The number of hydrogen-bond acceptors (Lipinski definition) is 8. The average Bonchev–Trinajstić information content (AvgIpc) is 3.33. The van der Waals surface area contributed by atoms with E-state index in [-0.39, 0.29) is 65.7 Å². The topological polar surface area (TPSA) is 137 Å². The van der Waals surface area contributed by atoms with Crippen LogP contribution in [0.5, 0.6) is 0 Å². The van der Waals surface area contributed by atoms with Gasteiger partial charge in [-0.05, 0) is 37.3 Å². The zero-order valence-corrected chi connectivity index (χ0v) is 22.4. The number of ether oxygens (including phenoxy) is 2. The first-order chi connectivity index (χ1) is 20.0. The summed E-state index contributed by atoms with van der Waals surface area (Å²) in [6, 6.07) is 4.77. The van der Waals surface area contributed by atoms with Crippen molar-refractivity contribution in [3.05, 3.63) is 71.7 Å². The number of nitrogens with zero attached hydrogens (tertiary/aromatic N) is 5. The highest BCUT2D eigenvalue weighted by Gasteiger charge is 2.34. The van der Waals surface area contributed by atoms with Crippen LogP contribution in [0.4, 0.5) is 29.2 Å². The van der Waals surface area contributed by atoms with Gasteiger partial charge in [0.2, 0.25) is 5.91 Å². The molecular formula is C27H25F4N7O4. The number of carbonyl (C=O) groups excluding carboxylic acids is 2. The fourth-order valence-corrected chi connectivity index (χ4v) is 4.68. The Labute approximate surface area is 236 Å². The quantitative estimate of drug-likeness (QED) is 0.326. The summed E-state index contributed by atoms with van der Waals surface area (Å²) in [5.41, 5.74) is 5.40. The Hall–Kier alpha value is -4.63. The van der Waals surface area contributed by atoms with E-state index in [1.807, 2.05) is 6.92 Å². The van der Waals surface area contributed by atoms with Crippen LogP contribution in [-0.2, 0) is 20.4 Å². The molecule has 0 unspecified atom stereocenters. The van der Waals surface area contributed by atoms with Crippen molar-refractivity contribution in [2.45, 2.75) is 25.2 Å². The molecule has 4 heterocycles. The summed E-state index contributed by atoms with van der Waals surface area (Å²) >= 11 is 0. The first-order valence-corrected chi connectivity index (χ1v) is 12.6. The molecular weight excluding hydrogens is 562 g/mol. The van der Waals surface area contributed by atoms with Crippen LogP contribution in [0.1, 0.15) is 34.8 Å². The third kappa shape index (κ3) is 5.60. The van der Waals surface area contributed by atoms with Crippen molar-refractivity contribution in [1.29, 1.82) is 0 Å². The maximum atomic E-state index is 15.5. The molecule has 1 aliphatic heterocycles. The predicted octanol–water partition coefficient (Wildman–Crippen LogP) is 3.72. The van der Waals surface area contributed by atoms with Crippen LogP contribution in [0.15, 0.2) is 48.9 Å². The number of nitrogens with one attached hydrogen (secondary N) is 1. The lowest BCUT2D eigenvalue weighted by Gasteiger charge is -2.37. The third-order valence-electron chi connectivity index (χ3n) is 6.73. The highest BCUT2D eigenvalue weighted by Crippen LogP contribution is 2.35. The Balaban J connectivity index is 1.46. The number of methoxy groups -OCH3 is 1. The minimum Gasteiger partial charge on any atom is -0.382 e. The van der Waals surface area contributed by atoms with Crippen molar-refractivity contribution in [2.75, 3.05) is 37.9 Å². The number of rotatable bonds is 6. The van der Waals surface area contributed by atoms with Crippen LogP contribution in [0.2, 0.25) is 0 Å². The first kappa shape index (κ1) is 28.9. The maximum absolute atomic E-state index is 15.5. The van der Waals surface area contributed by atoms with Crippen LogP contribution in [-0.4, -0.2) is 69.0 Å². The number of aromatic nitrogens is 4. The van der Waals surface area contributed by atoms with Gasteiger partial charge in [0.15, 0.2) is 0 Å². The predicted molar refractivity (Wildman–Crippen MR) is 142 cm³/mol. The van der Waals surface area contributed by atoms with E-state index < -0.39 is 29.6 Å². The summed E-state index contributed by atoms with van der Waals surface area (Å²) in [6.07, 6.45) is -1.37. The van der Waals surface area contributed by atoms with E-state index in [4.69, 9.17) is 15.2 Å². The van der Waals surface area contributed by atoms with Gasteiger partial charge in [-0.1, -0.05) is 0 Å². The molecule has 0 aliphatic carbocycles. The number of anilines is 2. The lowest BCUT2D eigenvalue weighted by Crippen LogP contribution is -2.49. The number of nitrogen functional groups attached to an aromatic ring is 1. The number of halogens is 4. The summed E-state index contributed by atoms with van der Waals surface area (Å²) in [5, 5.41) is 2.24. The molecule has 5 rings (SSSR count). The standard InChI is InChI=1S/C27H25F4N7O4/c1-14-12-42-19(11-38(14)21(39)13-41-2)25-36-22(23-24(32)34-7-8-37(23)25)17-4-3-15(9-18(17)28)26(40)35-20-10-16(5-6-33-20)27(29,30)31/h3-10,14,19H,11-13H2,1-2H3,(H2,32,34)(H,33,35,40)/t14-,19-/m1/s1. The Morgan fingerprint density at radius 2 is 1.98 bits per heavy atom. The Morgan fingerprint density at radius 1 is 1.19 bits per heavy atom. The van der Waals surface area contributed by atoms with Crippen molar-refractivity contribution in [1.82, 2.24) is 24.3 Å². The number of imidazole rings is 1. The van der Waals surface area contributed by atoms with Gasteiger partial charge in [-0.2, -0.15) is 13.2 Å². The highest BCUT2D eigenvalue weighted by molar-refractivity contribution is 6.04. The number of alkyl halides is 3. The van der Waals surface area contributed by atoms with Crippen LogP contribution in [0.3, 0.4) is 0 Å². The molecule has 42 heavy (non-hydrogen) atoms. The number of amides is 2. The monoisotopic (exact) mass is 587 g/mol. The van der Waals surface area contributed by atoms with Crippen molar-refractivity contribution >= 4 is 29.0 Å². The molecule has 15 heteroatoms. The molecule has 0 spiro atoms. The van der Waals surface area contributed by atoms with Gasteiger partial charge in [0.05, 0.1) is 24.8 Å². The van der Waals surface area contributed by atoms with Gasteiger partial charge in [-0.15, -0.1) is 0 Å². The van der Waals surface area contributed by atoms with E-state index in [0.717, 1.165) is 18.3 Å². The summed E-state index contributed by atoms with van der Waals surface area (Å²) in [6.45, 7) is 2.13. The summed E-state index contributed by atoms with van der Waals surface area (Å²) < 4.78 is 67.1. The van der Waals surface area contributed by atoms with Crippen LogP contribution >= 0.6 is 0 Å².